The molecule has 2 heterocycles. The summed E-state index contributed by atoms with van der Waals surface area (Å²) in [5.74, 6) is -0.823. The van der Waals surface area contributed by atoms with E-state index in [2.05, 4.69) is 15.6 Å². The van der Waals surface area contributed by atoms with Crippen molar-refractivity contribution in [2.45, 2.75) is 38.6 Å². The van der Waals surface area contributed by atoms with Crippen LogP contribution >= 0.6 is 11.3 Å². The van der Waals surface area contributed by atoms with E-state index in [1.54, 1.807) is 24.1 Å². The molecule has 2 atom stereocenters. The number of carbonyl (C=O) groups is 3. The molecule has 1 fully saturated rings. The topological polar surface area (TPSA) is 91.4 Å². The number of anilines is 1. The molecule has 1 aliphatic heterocycles. The van der Waals surface area contributed by atoms with Crippen LogP contribution in [0.15, 0.2) is 35.7 Å². The second kappa shape index (κ2) is 9.65. The van der Waals surface area contributed by atoms with Crippen molar-refractivity contribution in [3.63, 3.8) is 0 Å². The van der Waals surface area contributed by atoms with Crippen molar-refractivity contribution in [3.05, 3.63) is 47.0 Å². The highest BCUT2D eigenvalue weighted by molar-refractivity contribution is 7.13. The summed E-state index contributed by atoms with van der Waals surface area (Å²) in [6.45, 7) is 2.30. The fourth-order valence-electron chi connectivity index (χ4n) is 3.42. The van der Waals surface area contributed by atoms with Gasteiger partial charge in [0.25, 0.3) is 5.91 Å². The van der Waals surface area contributed by atoms with Gasteiger partial charge in [0.1, 0.15) is 0 Å². The lowest BCUT2D eigenvalue weighted by Gasteiger charge is -2.24. The van der Waals surface area contributed by atoms with Crippen LogP contribution in [0.2, 0.25) is 0 Å². The first kappa shape index (κ1) is 21.0. The molecule has 1 saturated heterocycles. The predicted octanol–water partition coefficient (Wildman–Crippen LogP) is 2.84. The number of carbonyl (C=O) groups excluding carboxylic acids is 3. The van der Waals surface area contributed by atoms with Gasteiger partial charge in [-0.2, -0.15) is 0 Å². The van der Waals surface area contributed by atoms with Gasteiger partial charge < -0.3 is 15.5 Å². The average molecular weight is 415 g/mol. The van der Waals surface area contributed by atoms with Crippen LogP contribution in [0.3, 0.4) is 0 Å². The van der Waals surface area contributed by atoms with Crippen molar-refractivity contribution in [1.29, 1.82) is 0 Å². The standard InChI is InChI=1S/C21H26N4O3S/c1-14-13-29-21(22-14)24-20(28)16-9-6-10-17(12-25(2)18(26)11-16)23-19(27)15-7-4-3-5-8-15/h3-5,7-8,13,16-17H,6,9-12H2,1-2H3,(H,23,27)(H,22,24,28)/t16-,17-/m1/s1. The van der Waals surface area contributed by atoms with Gasteiger partial charge in [0.15, 0.2) is 5.13 Å². The summed E-state index contributed by atoms with van der Waals surface area (Å²) < 4.78 is 0. The molecule has 2 aromatic rings. The SMILES string of the molecule is Cc1csc(NC(=O)[C@@H]2CCC[C@@H](NC(=O)c3ccccc3)CN(C)C(=O)C2)n1. The summed E-state index contributed by atoms with van der Waals surface area (Å²) >= 11 is 1.38. The first-order valence-electron chi connectivity index (χ1n) is 9.75. The summed E-state index contributed by atoms with van der Waals surface area (Å²) in [5.41, 5.74) is 1.45. The molecular formula is C21H26N4O3S. The number of aromatic nitrogens is 1. The zero-order valence-corrected chi connectivity index (χ0v) is 17.5. The van der Waals surface area contributed by atoms with E-state index in [-0.39, 0.29) is 30.2 Å². The fraction of sp³-hybridized carbons (Fsp3) is 0.429. The van der Waals surface area contributed by atoms with E-state index in [1.807, 2.05) is 30.5 Å². The molecule has 1 aliphatic rings. The lowest BCUT2D eigenvalue weighted by atomic mass is 9.96. The molecule has 29 heavy (non-hydrogen) atoms. The molecular weight excluding hydrogens is 388 g/mol. The first-order valence-corrected chi connectivity index (χ1v) is 10.6. The molecule has 0 unspecified atom stereocenters. The van der Waals surface area contributed by atoms with Gasteiger partial charge >= 0.3 is 0 Å². The van der Waals surface area contributed by atoms with E-state index in [0.717, 1.165) is 12.1 Å². The third kappa shape index (κ3) is 5.87. The van der Waals surface area contributed by atoms with E-state index in [4.69, 9.17) is 0 Å². The van der Waals surface area contributed by atoms with Crippen LogP contribution in [0.5, 0.6) is 0 Å². The highest BCUT2D eigenvalue weighted by Crippen LogP contribution is 2.22. The minimum Gasteiger partial charge on any atom is -0.348 e. The fourth-order valence-corrected chi connectivity index (χ4v) is 4.11. The number of amides is 3. The number of nitrogens with one attached hydrogen (secondary N) is 2. The first-order chi connectivity index (χ1) is 13.9. The summed E-state index contributed by atoms with van der Waals surface area (Å²) in [4.78, 5) is 43.6. The van der Waals surface area contributed by atoms with Crippen LogP contribution in [0.4, 0.5) is 5.13 Å². The highest BCUT2D eigenvalue weighted by Gasteiger charge is 2.28. The van der Waals surface area contributed by atoms with E-state index < -0.39 is 5.92 Å². The monoisotopic (exact) mass is 414 g/mol. The van der Waals surface area contributed by atoms with E-state index >= 15 is 0 Å². The second-order valence-corrected chi connectivity index (χ2v) is 8.28. The third-order valence-electron chi connectivity index (χ3n) is 5.04. The Morgan fingerprint density at radius 1 is 1.21 bits per heavy atom. The second-order valence-electron chi connectivity index (χ2n) is 7.43. The third-order valence-corrected chi connectivity index (χ3v) is 5.91. The molecule has 7 nitrogen and oxygen atoms in total. The van der Waals surface area contributed by atoms with Gasteiger partial charge in [0.2, 0.25) is 11.8 Å². The molecule has 8 heteroatoms. The van der Waals surface area contributed by atoms with Gasteiger partial charge in [-0.15, -0.1) is 11.3 Å². The van der Waals surface area contributed by atoms with Gasteiger partial charge in [-0.1, -0.05) is 24.6 Å². The zero-order chi connectivity index (χ0) is 20.8. The van der Waals surface area contributed by atoms with Crippen LogP contribution in [-0.2, 0) is 9.59 Å². The molecule has 1 aromatic heterocycles. The number of thiazole rings is 1. The number of aryl methyl sites for hydroxylation is 1. The Bertz CT molecular complexity index is 868. The molecule has 0 spiro atoms. The van der Waals surface area contributed by atoms with Crippen molar-refractivity contribution < 1.29 is 14.4 Å². The Hall–Kier alpha value is -2.74. The van der Waals surface area contributed by atoms with Gasteiger partial charge in [0, 0.05) is 42.9 Å². The van der Waals surface area contributed by atoms with Gasteiger partial charge in [-0.25, -0.2) is 4.98 Å². The van der Waals surface area contributed by atoms with Crippen molar-refractivity contribution in [2.24, 2.45) is 5.92 Å². The molecule has 0 bridgehead atoms. The number of rotatable bonds is 4. The Morgan fingerprint density at radius 2 is 1.97 bits per heavy atom. The Labute approximate surface area is 174 Å². The highest BCUT2D eigenvalue weighted by atomic mass is 32.1. The lowest BCUT2D eigenvalue weighted by Crippen LogP contribution is -2.44. The maximum Gasteiger partial charge on any atom is 0.251 e. The summed E-state index contributed by atoms with van der Waals surface area (Å²) in [7, 11) is 1.72. The Balaban J connectivity index is 1.62. The summed E-state index contributed by atoms with van der Waals surface area (Å²) in [6.07, 6.45) is 2.20. The molecule has 2 N–H and O–H groups in total. The minimum atomic E-state index is -0.405. The smallest absolute Gasteiger partial charge is 0.251 e. The van der Waals surface area contributed by atoms with Crippen molar-refractivity contribution in [3.8, 4) is 0 Å². The minimum absolute atomic E-state index is 0.0960. The largest absolute Gasteiger partial charge is 0.348 e. The van der Waals surface area contributed by atoms with Gasteiger partial charge in [0.05, 0.1) is 5.69 Å². The Kier molecular flexibility index (Phi) is 6.98. The van der Waals surface area contributed by atoms with Crippen LogP contribution in [0.25, 0.3) is 0 Å². The van der Waals surface area contributed by atoms with Crippen LogP contribution in [0.1, 0.15) is 41.7 Å². The Morgan fingerprint density at radius 3 is 2.66 bits per heavy atom. The lowest BCUT2D eigenvalue weighted by molar-refractivity contribution is -0.134. The molecule has 154 valence electrons. The number of nitrogens with zero attached hydrogens (tertiary/aromatic N) is 2. The van der Waals surface area contributed by atoms with E-state index in [0.29, 0.717) is 30.1 Å². The van der Waals surface area contributed by atoms with Gasteiger partial charge in [-0.05, 0) is 31.9 Å². The molecule has 0 aliphatic carbocycles. The van der Waals surface area contributed by atoms with Crippen molar-refractivity contribution in [1.82, 2.24) is 15.2 Å². The maximum atomic E-state index is 12.7. The average Bonchev–Trinajstić information content (AvgIpc) is 3.13. The molecule has 0 saturated carbocycles. The summed E-state index contributed by atoms with van der Waals surface area (Å²) in [5, 5.41) is 8.29. The normalized spacial score (nSPS) is 20.3. The van der Waals surface area contributed by atoms with Crippen LogP contribution in [-0.4, -0.2) is 47.2 Å². The number of likely N-dealkylation sites (N-methyl/N-ethyl adjacent to an activating group) is 1. The van der Waals surface area contributed by atoms with E-state index in [9.17, 15) is 14.4 Å². The number of hydrogen-bond donors (Lipinski definition) is 2. The van der Waals surface area contributed by atoms with Crippen LogP contribution < -0.4 is 10.6 Å². The van der Waals surface area contributed by atoms with Crippen LogP contribution in [0, 0.1) is 12.8 Å². The number of hydrogen-bond acceptors (Lipinski definition) is 5. The zero-order valence-electron chi connectivity index (χ0n) is 16.7. The van der Waals surface area contributed by atoms with Crippen molar-refractivity contribution in [2.75, 3.05) is 18.9 Å². The van der Waals surface area contributed by atoms with Crippen molar-refractivity contribution >= 4 is 34.2 Å². The van der Waals surface area contributed by atoms with Gasteiger partial charge in [-0.3, -0.25) is 14.4 Å². The quantitative estimate of drug-likeness (QED) is 0.805. The molecule has 3 amide bonds. The predicted molar refractivity (Wildman–Crippen MR) is 113 cm³/mol. The summed E-state index contributed by atoms with van der Waals surface area (Å²) in [6, 6.07) is 8.88. The molecule has 3 rings (SSSR count). The molecule has 0 radical (unpaired) electrons. The molecule has 1 aromatic carbocycles. The maximum absolute atomic E-state index is 12.7. The number of benzene rings is 1. The van der Waals surface area contributed by atoms with E-state index in [1.165, 1.54) is 11.3 Å².